The molecule has 0 amide bonds. The summed E-state index contributed by atoms with van der Waals surface area (Å²) in [7, 11) is 0. The molecule has 2 aromatic carbocycles. The van der Waals surface area contributed by atoms with Crippen LogP contribution in [0.4, 0.5) is 0 Å². The highest BCUT2D eigenvalue weighted by Crippen LogP contribution is 2.11. The number of hydrazine groups is 1. The second-order valence-corrected chi connectivity index (χ2v) is 5.63. The minimum Gasteiger partial charge on any atom is -0.271 e. The average molecular weight is 352 g/mol. The lowest BCUT2D eigenvalue weighted by molar-refractivity contribution is 0.522. The van der Waals surface area contributed by atoms with Gasteiger partial charge in [-0.3, -0.25) is 11.3 Å². The highest BCUT2D eigenvalue weighted by Gasteiger charge is 2.08. The maximum Gasteiger partial charge on any atom is 0.0291 e. The van der Waals surface area contributed by atoms with Crippen molar-refractivity contribution in [2.75, 3.05) is 0 Å². The Morgan fingerprint density at radius 2 is 1.44 bits per heavy atom. The van der Waals surface area contributed by atoms with Gasteiger partial charge in [-0.1, -0.05) is 42.5 Å². The van der Waals surface area contributed by atoms with E-state index in [-0.39, 0.29) is 6.04 Å². The van der Waals surface area contributed by atoms with E-state index in [1.54, 1.807) is 0 Å². The van der Waals surface area contributed by atoms with Crippen molar-refractivity contribution >= 4 is 22.6 Å². The molecular formula is C15H17IN2. The number of hydrogen-bond donors (Lipinski definition) is 2. The molecule has 18 heavy (non-hydrogen) atoms. The van der Waals surface area contributed by atoms with Crippen LogP contribution in [0, 0.1) is 3.57 Å². The first kappa shape index (κ1) is 13.5. The van der Waals surface area contributed by atoms with E-state index in [0.29, 0.717) is 0 Å². The molecule has 3 N–H and O–H groups in total. The predicted molar refractivity (Wildman–Crippen MR) is 84.1 cm³/mol. The number of nitrogens with one attached hydrogen (secondary N) is 1. The van der Waals surface area contributed by atoms with Gasteiger partial charge < -0.3 is 0 Å². The summed E-state index contributed by atoms with van der Waals surface area (Å²) in [5.74, 6) is 5.65. The summed E-state index contributed by atoms with van der Waals surface area (Å²) in [6.45, 7) is 0. The summed E-state index contributed by atoms with van der Waals surface area (Å²) in [6, 6.07) is 19.3. The van der Waals surface area contributed by atoms with E-state index in [4.69, 9.17) is 5.84 Å². The summed E-state index contributed by atoms with van der Waals surface area (Å²) < 4.78 is 1.26. The fraction of sp³-hybridized carbons (Fsp3) is 0.200. The van der Waals surface area contributed by atoms with Crippen LogP contribution in [-0.2, 0) is 12.8 Å². The molecule has 3 heteroatoms. The minimum atomic E-state index is 0.271. The molecule has 0 saturated heterocycles. The number of halogens is 1. The van der Waals surface area contributed by atoms with E-state index >= 15 is 0 Å². The van der Waals surface area contributed by atoms with Gasteiger partial charge in [-0.15, -0.1) is 0 Å². The molecule has 2 nitrogen and oxygen atoms in total. The Morgan fingerprint density at radius 3 is 2.00 bits per heavy atom. The number of hydrogen-bond acceptors (Lipinski definition) is 2. The lowest BCUT2D eigenvalue weighted by Gasteiger charge is -2.16. The normalized spacial score (nSPS) is 12.3. The second-order valence-electron chi connectivity index (χ2n) is 4.38. The molecule has 2 aromatic rings. The lowest BCUT2D eigenvalue weighted by Crippen LogP contribution is -2.38. The third kappa shape index (κ3) is 4.08. The molecular weight excluding hydrogens is 335 g/mol. The Labute approximate surface area is 122 Å². The van der Waals surface area contributed by atoms with E-state index < -0.39 is 0 Å². The largest absolute Gasteiger partial charge is 0.271 e. The van der Waals surface area contributed by atoms with Gasteiger partial charge >= 0.3 is 0 Å². The fourth-order valence-electron chi connectivity index (χ4n) is 1.99. The predicted octanol–water partition coefficient (Wildman–Crippen LogP) is 2.91. The Kier molecular flexibility index (Phi) is 5.16. The first-order chi connectivity index (χ1) is 8.78. The van der Waals surface area contributed by atoms with Crippen LogP contribution >= 0.6 is 22.6 Å². The van der Waals surface area contributed by atoms with E-state index in [1.165, 1.54) is 14.7 Å². The quantitative estimate of drug-likeness (QED) is 0.493. The molecule has 0 aliphatic heterocycles. The molecule has 94 valence electrons. The Morgan fingerprint density at radius 1 is 0.889 bits per heavy atom. The van der Waals surface area contributed by atoms with E-state index in [2.05, 4.69) is 76.5 Å². The molecule has 0 heterocycles. The topological polar surface area (TPSA) is 38.0 Å². The van der Waals surface area contributed by atoms with Crippen molar-refractivity contribution < 1.29 is 0 Å². The third-order valence-electron chi connectivity index (χ3n) is 2.96. The molecule has 1 atom stereocenters. The van der Waals surface area contributed by atoms with Gasteiger partial charge in [0.1, 0.15) is 0 Å². The molecule has 0 radical (unpaired) electrons. The van der Waals surface area contributed by atoms with Gasteiger partial charge in [0.25, 0.3) is 0 Å². The van der Waals surface area contributed by atoms with Gasteiger partial charge in [0.05, 0.1) is 0 Å². The molecule has 0 aliphatic carbocycles. The van der Waals surface area contributed by atoms with Gasteiger partial charge in [0.2, 0.25) is 0 Å². The van der Waals surface area contributed by atoms with Crippen LogP contribution in [0.3, 0.4) is 0 Å². The van der Waals surface area contributed by atoms with Crippen LogP contribution in [0.5, 0.6) is 0 Å². The number of nitrogens with two attached hydrogens (primary N) is 1. The minimum absolute atomic E-state index is 0.271. The molecule has 0 bridgehead atoms. The SMILES string of the molecule is NNC(Cc1ccccc1)Cc1ccc(I)cc1. The Bertz CT molecular complexity index is 468. The van der Waals surface area contributed by atoms with E-state index in [0.717, 1.165) is 12.8 Å². The van der Waals surface area contributed by atoms with Crippen LogP contribution < -0.4 is 11.3 Å². The molecule has 0 fully saturated rings. The van der Waals surface area contributed by atoms with Crippen molar-refractivity contribution in [2.45, 2.75) is 18.9 Å². The highest BCUT2D eigenvalue weighted by atomic mass is 127. The van der Waals surface area contributed by atoms with Crippen LogP contribution in [-0.4, -0.2) is 6.04 Å². The zero-order valence-electron chi connectivity index (χ0n) is 10.1. The first-order valence-electron chi connectivity index (χ1n) is 6.02. The summed E-state index contributed by atoms with van der Waals surface area (Å²) >= 11 is 2.32. The van der Waals surface area contributed by atoms with Gasteiger partial charge in [-0.25, -0.2) is 0 Å². The van der Waals surface area contributed by atoms with Crippen molar-refractivity contribution in [3.8, 4) is 0 Å². The van der Waals surface area contributed by atoms with Gasteiger partial charge in [0.15, 0.2) is 0 Å². The van der Waals surface area contributed by atoms with Crippen LogP contribution in [0.25, 0.3) is 0 Å². The summed E-state index contributed by atoms with van der Waals surface area (Å²) in [6.07, 6.45) is 1.89. The smallest absolute Gasteiger partial charge is 0.0291 e. The number of benzene rings is 2. The summed E-state index contributed by atoms with van der Waals surface area (Å²) in [5.41, 5.74) is 5.54. The zero-order chi connectivity index (χ0) is 12.8. The van der Waals surface area contributed by atoms with Crippen LogP contribution in [0.1, 0.15) is 11.1 Å². The number of rotatable bonds is 5. The second kappa shape index (κ2) is 6.87. The highest BCUT2D eigenvalue weighted by molar-refractivity contribution is 14.1. The first-order valence-corrected chi connectivity index (χ1v) is 7.10. The third-order valence-corrected chi connectivity index (χ3v) is 3.68. The van der Waals surface area contributed by atoms with Crippen molar-refractivity contribution in [2.24, 2.45) is 5.84 Å². The van der Waals surface area contributed by atoms with Gasteiger partial charge in [-0.2, -0.15) is 0 Å². The Balaban J connectivity index is 1.99. The molecule has 0 saturated carbocycles. The molecule has 0 aromatic heterocycles. The van der Waals surface area contributed by atoms with Gasteiger partial charge in [-0.05, 0) is 58.7 Å². The maximum atomic E-state index is 5.65. The van der Waals surface area contributed by atoms with E-state index in [9.17, 15) is 0 Å². The molecule has 1 unspecified atom stereocenters. The monoisotopic (exact) mass is 352 g/mol. The Hall–Kier alpha value is -0.910. The zero-order valence-corrected chi connectivity index (χ0v) is 12.3. The summed E-state index contributed by atoms with van der Waals surface area (Å²) in [4.78, 5) is 0. The lowest BCUT2D eigenvalue weighted by atomic mass is 10.00. The van der Waals surface area contributed by atoms with E-state index in [1.807, 2.05) is 6.07 Å². The van der Waals surface area contributed by atoms with Crippen LogP contribution in [0.2, 0.25) is 0 Å². The molecule has 0 spiro atoms. The van der Waals surface area contributed by atoms with Crippen molar-refractivity contribution in [3.63, 3.8) is 0 Å². The summed E-state index contributed by atoms with van der Waals surface area (Å²) in [5, 5.41) is 0. The maximum absolute atomic E-state index is 5.65. The van der Waals surface area contributed by atoms with Gasteiger partial charge in [0, 0.05) is 9.61 Å². The van der Waals surface area contributed by atoms with Crippen molar-refractivity contribution in [3.05, 3.63) is 69.3 Å². The van der Waals surface area contributed by atoms with Crippen molar-refractivity contribution in [1.82, 2.24) is 5.43 Å². The average Bonchev–Trinajstić information content (AvgIpc) is 2.41. The molecule has 0 aliphatic rings. The van der Waals surface area contributed by atoms with Crippen LogP contribution in [0.15, 0.2) is 54.6 Å². The van der Waals surface area contributed by atoms with Crippen molar-refractivity contribution in [1.29, 1.82) is 0 Å². The standard InChI is InChI=1S/C15H17IN2/c16-14-8-6-13(7-9-14)11-15(18-17)10-12-4-2-1-3-5-12/h1-9,15,18H,10-11,17H2. The molecule has 2 rings (SSSR count). The fourth-order valence-corrected chi connectivity index (χ4v) is 2.35.